The summed E-state index contributed by atoms with van der Waals surface area (Å²) in [6.45, 7) is 0.238. The molecular formula is C18H16N6O2S. The van der Waals surface area contributed by atoms with E-state index in [2.05, 4.69) is 30.0 Å². The number of anilines is 2. The Balaban J connectivity index is 1.49. The van der Waals surface area contributed by atoms with Gasteiger partial charge in [0, 0.05) is 12.2 Å². The summed E-state index contributed by atoms with van der Waals surface area (Å²) < 4.78 is 27.5. The first-order valence-electron chi connectivity index (χ1n) is 8.16. The van der Waals surface area contributed by atoms with E-state index in [-0.39, 0.29) is 11.4 Å². The van der Waals surface area contributed by atoms with Gasteiger partial charge in [-0.05, 0) is 29.8 Å². The molecule has 0 aliphatic carbocycles. The average molecular weight is 380 g/mol. The van der Waals surface area contributed by atoms with Crippen molar-refractivity contribution in [2.75, 3.05) is 5.32 Å². The Bertz CT molecular complexity index is 1160. The van der Waals surface area contributed by atoms with Crippen LogP contribution in [0.25, 0.3) is 11.2 Å². The Kier molecular flexibility index (Phi) is 4.53. The number of aromatic amines is 1. The van der Waals surface area contributed by atoms with Crippen LogP contribution in [0.5, 0.6) is 0 Å². The molecule has 136 valence electrons. The maximum Gasteiger partial charge on any atom is 0.240 e. The maximum atomic E-state index is 12.4. The van der Waals surface area contributed by atoms with Gasteiger partial charge in [-0.3, -0.25) is 0 Å². The molecule has 0 radical (unpaired) electrons. The van der Waals surface area contributed by atoms with Gasteiger partial charge in [0.15, 0.2) is 11.5 Å². The van der Waals surface area contributed by atoms with Gasteiger partial charge in [0.05, 0.1) is 11.2 Å². The molecule has 0 saturated heterocycles. The number of H-pyrrole nitrogens is 1. The van der Waals surface area contributed by atoms with Crippen LogP contribution in [0.15, 0.2) is 72.1 Å². The predicted molar refractivity (Wildman–Crippen MR) is 102 cm³/mol. The minimum Gasteiger partial charge on any atom is -0.340 e. The average Bonchev–Trinajstić information content (AvgIpc) is 3.18. The van der Waals surface area contributed by atoms with E-state index in [1.807, 2.05) is 30.3 Å². The van der Waals surface area contributed by atoms with Crippen molar-refractivity contribution in [1.29, 1.82) is 0 Å². The van der Waals surface area contributed by atoms with Gasteiger partial charge in [0.1, 0.15) is 11.8 Å². The lowest BCUT2D eigenvalue weighted by molar-refractivity contribution is 0.581. The van der Waals surface area contributed by atoms with Gasteiger partial charge in [0.25, 0.3) is 0 Å². The SMILES string of the molecule is O=S(=O)(NCc1ccccc1)c1ccc(Nc2ncnc3nc[nH]c23)cc1. The van der Waals surface area contributed by atoms with Gasteiger partial charge in [-0.15, -0.1) is 0 Å². The van der Waals surface area contributed by atoms with Crippen LogP contribution >= 0.6 is 0 Å². The number of rotatable bonds is 6. The van der Waals surface area contributed by atoms with E-state index >= 15 is 0 Å². The lowest BCUT2D eigenvalue weighted by atomic mass is 10.2. The molecule has 0 aliphatic heterocycles. The Hall–Kier alpha value is -3.30. The number of hydrogen-bond acceptors (Lipinski definition) is 6. The molecule has 9 heteroatoms. The fourth-order valence-corrected chi connectivity index (χ4v) is 3.59. The first kappa shape index (κ1) is 17.1. The Morgan fingerprint density at radius 2 is 1.70 bits per heavy atom. The molecule has 27 heavy (non-hydrogen) atoms. The smallest absolute Gasteiger partial charge is 0.240 e. The molecule has 0 amide bonds. The van der Waals surface area contributed by atoms with E-state index in [1.165, 1.54) is 6.33 Å². The van der Waals surface area contributed by atoms with Crippen molar-refractivity contribution in [3.63, 3.8) is 0 Å². The highest BCUT2D eigenvalue weighted by Gasteiger charge is 2.14. The minimum atomic E-state index is -3.59. The van der Waals surface area contributed by atoms with E-state index in [0.29, 0.717) is 22.7 Å². The van der Waals surface area contributed by atoms with Crippen LogP contribution in [-0.2, 0) is 16.6 Å². The van der Waals surface area contributed by atoms with Crippen LogP contribution in [0.3, 0.4) is 0 Å². The lowest BCUT2D eigenvalue weighted by Crippen LogP contribution is -2.23. The molecule has 2 aromatic heterocycles. The summed E-state index contributed by atoms with van der Waals surface area (Å²) in [7, 11) is -3.59. The quantitative estimate of drug-likeness (QED) is 0.474. The molecule has 0 atom stereocenters. The number of nitrogens with one attached hydrogen (secondary N) is 3. The molecule has 0 spiro atoms. The molecular weight excluding hydrogens is 364 g/mol. The number of hydrogen-bond donors (Lipinski definition) is 3. The van der Waals surface area contributed by atoms with Gasteiger partial charge in [0.2, 0.25) is 10.0 Å². The summed E-state index contributed by atoms with van der Waals surface area (Å²) >= 11 is 0. The third kappa shape index (κ3) is 3.78. The fraction of sp³-hybridized carbons (Fsp3) is 0.0556. The standard InChI is InChI=1S/C18H16N6O2S/c25-27(26,23-10-13-4-2-1-3-5-13)15-8-6-14(7-9-15)24-18-16-17(20-11-19-16)21-12-22-18/h1-9,11-12,23H,10H2,(H2,19,20,21,22,24). The van der Waals surface area contributed by atoms with Gasteiger partial charge in [-0.25, -0.2) is 28.1 Å². The molecule has 0 aliphatic rings. The van der Waals surface area contributed by atoms with Gasteiger partial charge in [-0.2, -0.15) is 0 Å². The summed E-state index contributed by atoms with van der Waals surface area (Å²) in [5.74, 6) is 0.565. The number of imidazole rings is 1. The summed E-state index contributed by atoms with van der Waals surface area (Å²) in [5.41, 5.74) is 2.83. The molecule has 4 rings (SSSR count). The van der Waals surface area contributed by atoms with E-state index in [0.717, 1.165) is 5.56 Å². The van der Waals surface area contributed by atoms with Crippen molar-refractivity contribution in [1.82, 2.24) is 24.7 Å². The second kappa shape index (κ2) is 7.14. The zero-order valence-electron chi connectivity index (χ0n) is 14.1. The second-order valence-corrected chi connectivity index (χ2v) is 7.55. The number of sulfonamides is 1. The molecule has 0 saturated carbocycles. The largest absolute Gasteiger partial charge is 0.340 e. The number of fused-ring (bicyclic) bond motifs is 1. The summed E-state index contributed by atoms with van der Waals surface area (Å²) in [4.78, 5) is 15.5. The summed E-state index contributed by atoms with van der Waals surface area (Å²) in [6, 6.07) is 15.8. The molecule has 3 N–H and O–H groups in total. The Labute approximate surface area is 155 Å². The third-order valence-electron chi connectivity index (χ3n) is 3.96. The van der Waals surface area contributed by atoms with E-state index in [9.17, 15) is 8.42 Å². The molecule has 8 nitrogen and oxygen atoms in total. The number of aromatic nitrogens is 4. The molecule has 2 aromatic carbocycles. The van der Waals surface area contributed by atoms with Crippen molar-refractivity contribution in [2.45, 2.75) is 11.4 Å². The van der Waals surface area contributed by atoms with Gasteiger partial charge in [-0.1, -0.05) is 30.3 Å². The van der Waals surface area contributed by atoms with Crippen LogP contribution in [0.2, 0.25) is 0 Å². The zero-order valence-corrected chi connectivity index (χ0v) is 14.9. The Morgan fingerprint density at radius 3 is 2.48 bits per heavy atom. The van der Waals surface area contributed by atoms with Crippen molar-refractivity contribution >= 4 is 32.7 Å². The zero-order chi connectivity index (χ0) is 18.7. The Morgan fingerprint density at radius 1 is 0.926 bits per heavy atom. The molecule has 4 aromatic rings. The highest BCUT2D eigenvalue weighted by molar-refractivity contribution is 7.89. The first-order valence-corrected chi connectivity index (χ1v) is 9.65. The predicted octanol–water partition coefficient (Wildman–Crippen LogP) is 2.58. The minimum absolute atomic E-state index is 0.193. The van der Waals surface area contributed by atoms with Crippen molar-refractivity contribution in [3.8, 4) is 0 Å². The highest BCUT2D eigenvalue weighted by Crippen LogP contribution is 2.21. The van der Waals surface area contributed by atoms with E-state index < -0.39 is 10.0 Å². The number of benzene rings is 2. The monoisotopic (exact) mass is 380 g/mol. The summed E-state index contributed by atoms with van der Waals surface area (Å²) in [5, 5.41) is 3.13. The number of nitrogens with zero attached hydrogens (tertiary/aromatic N) is 3. The van der Waals surface area contributed by atoms with Crippen molar-refractivity contribution in [3.05, 3.63) is 72.8 Å². The summed E-state index contributed by atoms with van der Waals surface area (Å²) in [6.07, 6.45) is 2.95. The second-order valence-electron chi connectivity index (χ2n) is 5.78. The fourth-order valence-electron chi connectivity index (χ4n) is 2.57. The molecule has 0 unspecified atom stereocenters. The van der Waals surface area contributed by atoms with E-state index in [4.69, 9.17) is 0 Å². The van der Waals surface area contributed by atoms with Crippen LogP contribution in [0.4, 0.5) is 11.5 Å². The topological polar surface area (TPSA) is 113 Å². The molecule has 0 bridgehead atoms. The van der Waals surface area contributed by atoms with Crippen LogP contribution in [-0.4, -0.2) is 28.4 Å². The lowest BCUT2D eigenvalue weighted by Gasteiger charge is -2.09. The van der Waals surface area contributed by atoms with E-state index in [1.54, 1.807) is 30.6 Å². The van der Waals surface area contributed by atoms with Crippen molar-refractivity contribution < 1.29 is 8.42 Å². The molecule has 2 heterocycles. The van der Waals surface area contributed by atoms with Crippen LogP contribution in [0.1, 0.15) is 5.56 Å². The van der Waals surface area contributed by atoms with Crippen LogP contribution < -0.4 is 10.0 Å². The normalized spacial score (nSPS) is 11.6. The maximum absolute atomic E-state index is 12.4. The first-order chi connectivity index (χ1) is 13.1. The van der Waals surface area contributed by atoms with Gasteiger partial charge < -0.3 is 10.3 Å². The van der Waals surface area contributed by atoms with Crippen LogP contribution in [0, 0.1) is 0 Å². The third-order valence-corrected chi connectivity index (χ3v) is 5.38. The molecule has 0 fully saturated rings. The highest BCUT2D eigenvalue weighted by atomic mass is 32.2. The van der Waals surface area contributed by atoms with Crippen molar-refractivity contribution in [2.24, 2.45) is 0 Å². The van der Waals surface area contributed by atoms with Gasteiger partial charge >= 0.3 is 0 Å².